The molecule has 0 unspecified atom stereocenters. The second kappa shape index (κ2) is 7.50. The summed E-state index contributed by atoms with van der Waals surface area (Å²) in [5, 5.41) is 20.5. The van der Waals surface area contributed by atoms with Gasteiger partial charge < -0.3 is 9.84 Å². The van der Waals surface area contributed by atoms with Crippen molar-refractivity contribution in [3.05, 3.63) is 68.6 Å². The molecule has 2 aromatic carbocycles. The number of methoxy groups -OCH3 is 1. The van der Waals surface area contributed by atoms with E-state index in [4.69, 9.17) is 4.74 Å². The van der Waals surface area contributed by atoms with Crippen molar-refractivity contribution in [3.8, 4) is 11.5 Å². The molecular formula is C18H14N2O6S. The van der Waals surface area contributed by atoms with Gasteiger partial charge in [-0.2, -0.15) is 0 Å². The Kier molecular flexibility index (Phi) is 5.13. The third-order valence-electron chi connectivity index (χ3n) is 3.87. The van der Waals surface area contributed by atoms with Crippen molar-refractivity contribution in [1.82, 2.24) is 4.90 Å². The van der Waals surface area contributed by atoms with Crippen LogP contribution in [0.4, 0.5) is 10.5 Å². The van der Waals surface area contributed by atoms with Gasteiger partial charge in [0.25, 0.3) is 16.8 Å². The van der Waals surface area contributed by atoms with E-state index in [0.717, 1.165) is 16.7 Å². The smallest absolute Gasteiger partial charge is 0.293 e. The molecule has 1 aliphatic heterocycles. The number of thioether (sulfide) groups is 1. The Balaban J connectivity index is 1.85. The van der Waals surface area contributed by atoms with Crippen molar-refractivity contribution < 1.29 is 24.4 Å². The predicted molar refractivity (Wildman–Crippen MR) is 99.3 cm³/mol. The average molecular weight is 386 g/mol. The normalized spacial score (nSPS) is 15.4. The number of aromatic hydroxyl groups is 1. The van der Waals surface area contributed by atoms with Gasteiger partial charge in [0.15, 0.2) is 11.5 Å². The second-order valence-corrected chi connectivity index (χ2v) is 6.59. The monoisotopic (exact) mass is 386 g/mol. The molecule has 0 saturated carbocycles. The van der Waals surface area contributed by atoms with Crippen LogP contribution in [-0.4, -0.2) is 33.2 Å². The van der Waals surface area contributed by atoms with E-state index < -0.39 is 16.1 Å². The van der Waals surface area contributed by atoms with Crippen molar-refractivity contribution in [2.24, 2.45) is 0 Å². The predicted octanol–water partition coefficient (Wildman–Crippen LogP) is 3.55. The highest BCUT2D eigenvalue weighted by Crippen LogP contribution is 2.37. The Bertz CT molecular complexity index is 972. The Labute approximate surface area is 158 Å². The number of ether oxygens (including phenoxy) is 1. The molecule has 0 radical (unpaired) electrons. The van der Waals surface area contributed by atoms with Crippen LogP contribution in [0.5, 0.6) is 11.5 Å². The summed E-state index contributed by atoms with van der Waals surface area (Å²) in [6.07, 6.45) is 1.41. The maximum absolute atomic E-state index is 12.6. The van der Waals surface area contributed by atoms with Gasteiger partial charge in [-0.15, -0.1) is 0 Å². The van der Waals surface area contributed by atoms with Crippen molar-refractivity contribution in [1.29, 1.82) is 0 Å². The summed E-state index contributed by atoms with van der Waals surface area (Å²) in [6, 6.07) is 10.6. The minimum Gasteiger partial charge on any atom is -0.504 e. The van der Waals surface area contributed by atoms with E-state index in [1.54, 1.807) is 24.3 Å². The number of phenolic OH excluding ortho intramolecular Hbond substituents is 1. The molecule has 138 valence electrons. The zero-order valence-electron chi connectivity index (χ0n) is 14.1. The summed E-state index contributed by atoms with van der Waals surface area (Å²) in [6.45, 7) is -0.0756. The fraction of sp³-hybridized carbons (Fsp3) is 0.111. The van der Waals surface area contributed by atoms with Gasteiger partial charge in [-0.1, -0.05) is 24.3 Å². The van der Waals surface area contributed by atoms with E-state index in [1.165, 1.54) is 31.4 Å². The lowest BCUT2D eigenvalue weighted by atomic mass is 10.1. The number of nitrogens with zero attached hydrogens (tertiary/aromatic N) is 2. The van der Waals surface area contributed by atoms with Gasteiger partial charge in [0.2, 0.25) is 0 Å². The molecule has 0 aromatic heterocycles. The molecule has 0 bridgehead atoms. The van der Waals surface area contributed by atoms with Crippen molar-refractivity contribution in [2.75, 3.05) is 7.11 Å². The van der Waals surface area contributed by atoms with Crippen LogP contribution in [-0.2, 0) is 11.3 Å². The van der Waals surface area contributed by atoms with Gasteiger partial charge >= 0.3 is 0 Å². The summed E-state index contributed by atoms with van der Waals surface area (Å²) in [5.41, 5.74) is 0.698. The molecule has 1 aliphatic rings. The quantitative estimate of drug-likeness (QED) is 0.475. The summed E-state index contributed by atoms with van der Waals surface area (Å²) in [7, 11) is 1.41. The number of amides is 2. The number of imide groups is 1. The SMILES string of the molecule is COc1cccc(/C=C2/SC(=O)N(Cc3cccc([N+](=O)[O-])c3)C2=O)c1O. The minimum absolute atomic E-state index is 0.0756. The number of nitro groups is 1. The zero-order chi connectivity index (χ0) is 19.6. The molecule has 0 atom stereocenters. The van der Waals surface area contributed by atoms with Gasteiger partial charge in [0.1, 0.15) is 0 Å². The van der Waals surface area contributed by atoms with Crippen LogP contribution in [0.25, 0.3) is 6.08 Å². The molecule has 1 saturated heterocycles. The number of para-hydroxylation sites is 1. The van der Waals surface area contributed by atoms with E-state index >= 15 is 0 Å². The number of nitro benzene ring substituents is 1. The molecule has 0 spiro atoms. The standard InChI is InChI=1S/C18H14N2O6S/c1-26-14-7-3-5-12(16(14)21)9-15-17(22)19(18(23)27-15)10-11-4-2-6-13(8-11)20(24)25/h2-9,21H,10H2,1H3/b15-9+. The number of hydrogen-bond acceptors (Lipinski definition) is 7. The molecule has 2 aromatic rings. The third-order valence-corrected chi connectivity index (χ3v) is 4.78. The summed E-state index contributed by atoms with van der Waals surface area (Å²) >= 11 is 0.741. The van der Waals surface area contributed by atoms with E-state index in [2.05, 4.69) is 0 Å². The Hall–Kier alpha value is -3.33. The summed E-state index contributed by atoms with van der Waals surface area (Å²) < 4.78 is 5.03. The lowest BCUT2D eigenvalue weighted by Gasteiger charge is -2.12. The lowest BCUT2D eigenvalue weighted by molar-refractivity contribution is -0.384. The van der Waals surface area contributed by atoms with E-state index in [0.29, 0.717) is 11.1 Å². The Morgan fingerprint density at radius 1 is 1.26 bits per heavy atom. The van der Waals surface area contributed by atoms with Crippen molar-refractivity contribution in [2.45, 2.75) is 6.54 Å². The zero-order valence-corrected chi connectivity index (χ0v) is 14.9. The number of carbonyl (C=O) groups is 2. The highest BCUT2D eigenvalue weighted by Gasteiger charge is 2.35. The number of benzene rings is 2. The first-order chi connectivity index (χ1) is 12.9. The molecule has 1 heterocycles. The van der Waals surface area contributed by atoms with Crippen LogP contribution in [0, 0.1) is 10.1 Å². The second-order valence-electron chi connectivity index (χ2n) is 5.59. The highest BCUT2D eigenvalue weighted by molar-refractivity contribution is 8.18. The fourth-order valence-corrected chi connectivity index (χ4v) is 3.38. The van der Waals surface area contributed by atoms with Gasteiger partial charge in [0.05, 0.1) is 23.5 Å². The Morgan fingerprint density at radius 3 is 2.70 bits per heavy atom. The van der Waals surface area contributed by atoms with Crippen LogP contribution in [0.1, 0.15) is 11.1 Å². The van der Waals surface area contributed by atoms with Gasteiger partial charge in [-0.25, -0.2) is 0 Å². The first-order valence-electron chi connectivity index (χ1n) is 7.75. The van der Waals surface area contributed by atoms with Crippen LogP contribution < -0.4 is 4.74 Å². The minimum atomic E-state index is -0.539. The first-order valence-corrected chi connectivity index (χ1v) is 8.57. The molecular weight excluding hydrogens is 372 g/mol. The number of hydrogen-bond donors (Lipinski definition) is 1. The maximum atomic E-state index is 12.6. The summed E-state index contributed by atoms with van der Waals surface area (Å²) in [5.74, 6) is -0.413. The van der Waals surface area contributed by atoms with Crippen LogP contribution in [0.15, 0.2) is 47.4 Å². The summed E-state index contributed by atoms with van der Waals surface area (Å²) in [4.78, 5) is 36.3. The number of carbonyl (C=O) groups excluding carboxylic acids is 2. The molecule has 1 fully saturated rings. The van der Waals surface area contributed by atoms with Crippen molar-refractivity contribution >= 4 is 34.7 Å². The number of rotatable bonds is 5. The molecule has 3 rings (SSSR count). The first kappa shape index (κ1) is 18.5. The number of non-ortho nitro benzene ring substituents is 1. The fourth-order valence-electron chi connectivity index (χ4n) is 2.55. The van der Waals surface area contributed by atoms with E-state index in [1.807, 2.05) is 0 Å². The largest absolute Gasteiger partial charge is 0.504 e. The third kappa shape index (κ3) is 3.77. The Morgan fingerprint density at radius 2 is 2.00 bits per heavy atom. The molecule has 8 nitrogen and oxygen atoms in total. The molecule has 0 aliphatic carbocycles. The van der Waals surface area contributed by atoms with Gasteiger partial charge in [-0.3, -0.25) is 24.6 Å². The van der Waals surface area contributed by atoms with Gasteiger partial charge in [-0.05, 0) is 29.5 Å². The molecule has 1 N–H and O–H groups in total. The van der Waals surface area contributed by atoms with E-state index in [9.17, 15) is 24.8 Å². The average Bonchev–Trinajstić information content (AvgIpc) is 2.91. The molecule has 9 heteroatoms. The topological polar surface area (TPSA) is 110 Å². The lowest BCUT2D eigenvalue weighted by Crippen LogP contribution is -2.27. The van der Waals surface area contributed by atoms with Crippen LogP contribution in [0.2, 0.25) is 0 Å². The van der Waals surface area contributed by atoms with Crippen LogP contribution >= 0.6 is 11.8 Å². The molecule has 27 heavy (non-hydrogen) atoms. The maximum Gasteiger partial charge on any atom is 0.293 e. The van der Waals surface area contributed by atoms with E-state index in [-0.39, 0.29) is 28.6 Å². The molecule has 2 amide bonds. The van der Waals surface area contributed by atoms with Gasteiger partial charge in [0, 0.05) is 17.7 Å². The van der Waals surface area contributed by atoms with Crippen molar-refractivity contribution in [3.63, 3.8) is 0 Å². The highest BCUT2D eigenvalue weighted by atomic mass is 32.2. The number of phenols is 1. The van der Waals surface area contributed by atoms with Crippen LogP contribution in [0.3, 0.4) is 0 Å².